The molecule has 0 unspecified atom stereocenters. The minimum atomic E-state index is 1.10. The number of rotatable bonds is 0. The number of anilines is 1. The molecule has 1 aromatic carbocycles. The van der Waals surface area contributed by atoms with E-state index >= 15 is 0 Å². The second-order valence-electron chi connectivity index (χ2n) is 2.55. The summed E-state index contributed by atoms with van der Waals surface area (Å²) in [4.78, 5) is 1.36. The van der Waals surface area contributed by atoms with Crippen molar-refractivity contribution in [2.24, 2.45) is 0 Å². The molecule has 1 N–H and O–H groups in total. The zero-order chi connectivity index (χ0) is 7.52. The molecule has 1 heterocycles. The predicted octanol–water partition coefficient (Wildman–Crippen LogP) is 2.39. The summed E-state index contributed by atoms with van der Waals surface area (Å²) in [5.74, 6) is 1.23. The molecule has 2 heteroatoms. The Kier molecular flexibility index (Phi) is 2.04. The lowest BCUT2D eigenvalue weighted by Gasteiger charge is -2.03. The molecule has 1 aliphatic rings. The van der Waals surface area contributed by atoms with Crippen LogP contribution in [-0.4, -0.2) is 12.3 Å². The van der Waals surface area contributed by atoms with Gasteiger partial charge >= 0.3 is 0 Å². The van der Waals surface area contributed by atoms with Gasteiger partial charge < -0.3 is 5.32 Å². The molecule has 0 saturated carbocycles. The molecule has 0 fully saturated rings. The van der Waals surface area contributed by atoms with Crippen LogP contribution in [0.4, 0.5) is 5.69 Å². The molecule has 11 heavy (non-hydrogen) atoms. The van der Waals surface area contributed by atoms with Crippen molar-refractivity contribution in [2.45, 2.75) is 11.3 Å². The average molecular weight is 164 g/mol. The topological polar surface area (TPSA) is 12.0 Å². The van der Waals surface area contributed by atoms with Crippen molar-refractivity contribution in [2.75, 3.05) is 17.6 Å². The van der Waals surface area contributed by atoms with Gasteiger partial charge in [0.15, 0.2) is 0 Å². The van der Waals surface area contributed by atoms with E-state index < -0.39 is 0 Å². The largest absolute Gasteiger partial charge is 0.384 e. The molecule has 0 aliphatic carbocycles. The summed E-state index contributed by atoms with van der Waals surface area (Å²) in [5, 5.41) is 3.37. The maximum atomic E-state index is 3.37. The van der Waals surface area contributed by atoms with Gasteiger partial charge in [0.25, 0.3) is 0 Å². The standard InChI is InChI=1S/C9H10NS/c1-2-5-9-8(4-1)10-6-3-7-11-9/h2,4-5,10H,3,6-7H2. The van der Waals surface area contributed by atoms with Gasteiger partial charge in [0, 0.05) is 17.1 Å². The highest BCUT2D eigenvalue weighted by atomic mass is 32.2. The summed E-state index contributed by atoms with van der Waals surface area (Å²) < 4.78 is 0. The fourth-order valence-corrected chi connectivity index (χ4v) is 2.12. The van der Waals surface area contributed by atoms with Crippen molar-refractivity contribution in [1.82, 2.24) is 0 Å². The molecule has 0 atom stereocenters. The number of benzene rings is 1. The molecule has 1 nitrogen and oxygen atoms in total. The van der Waals surface area contributed by atoms with Crippen LogP contribution in [0, 0.1) is 6.07 Å². The van der Waals surface area contributed by atoms with Gasteiger partial charge in [-0.05, 0) is 30.4 Å². The smallest absolute Gasteiger partial charge is 0.0484 e. The zero-order valence-corrected chi connectivity index (χ0v) is 7.08. The fourth-order valence-electron chi connectivity index (χ4n) is 1.16. The van der Waals surface area contributed by atoms with Crippen LogP contribution in [-0.2, 0) is 0 Å². The monoisotopic (exact) mass is 164 g/mol. The first-order valence-electron chi connectivity index (χ1n) is 3.83. The predicted molar refractivity (Wildman–Crippen MR) is 49.1 cm³/mol. The first-order chi connectivity index (χ1) is 5.47. The summed E-state index contributed by atoms with van der Waals surface area (Å²) in [7, 11) is 0. The molecule has 0 saturated heterocycles. The second kappa shape index (κ2) is 3.18. The maximum absolute atomic E-state index is 3.37. The summed E-state index contributed by atoms with van der Waals surface area (Å²) in [6, 6.07) is 9.19. The van der Waals surface area contributed by atoms with E-state index in [-0.39, 0.29) is 0 Å². The van der Waals surface area contributed by atoms with E-state index in [4.69, 9.17) is 0 Å². The van der Waals surface area contributed by atoms with Gasteiger partial charge in [-0.25, -0.2) is 0 Å². The van der Waals surface area contributed by atoms with Crippen LogP contribution in [0.2, 0.25) is 0 Å². The van der Waals surface area contributed by atoms with Crippen LogP contribution < -0.4 is 5.32 Å². The van der Waals surface area contributed by atoms with Crippen molar-refractivity contribution in [3.05, 3.63) is 24.3 Å². The Morgan fingerprint density at radius 2 is 2.55 bits per heavy atom. The highest BCUT2D eigenvalue weighted by Crippen LogP contribution is 2.29. The van der Waals surface area contributed by atoms with Gasteiger partial charge in [-0.1, -0.05) is 6.07 Å². The lowest BCUT2D eigenvalue weighted by Crippen LogP contribution is -1.99. The number of nitrogens with one attached hydrogen (secondary N) is 1. The van der Waals surface area contributed by atoms with Crippen LogP contribution in [0.1, 0.15) is 6.42 Å². The Bertz CT molecular complexity index is 222. The van der Waals surface area contributed by atoms with Gasteiger partial charge in [0.05, 0.1) is 0 Å². The lowest BCUT2D eigenvalue weighted by molar-refractivity contribution is 0.999. The second-order valence-corrected chi connectivity index (χ2v) is 3.69. The van der Waals surface area contributed by atoms with Crippen molar-refractivity contribution in [3.63, 3.8) is 0 Å². The minimum Gasteiger partial charge on any atom is -0.384 e. The van der Waals surface area contributed by atoms with Crippen molar-refractivity contribution in [1.29, 1.82) is 0 Å². The molecule has 57 valence electrons. The lowest BCUT2D eigenvalue weighted by atomic mass is 10.3. The summed E-state index contributed by atoms with van der Waals surface area (Å²) >= 11 is 1.93. The van der Waals surface area contributed by atoms with Crippen LogP contribution in [0.5, 0.6) is 0 Å². The number of hydrogen-bond acceptors (Lipinski definition) is 2. The maximum Gasteiger partial charge on any atom is 0.0484 e. The molecule has 0 bridgehead atoms. The number of fused-ring (bicyclic) bond motifs is 1. The zero-order valence-electron chi connectivity index (χ0n) is 6.26. The fraction of sp³-hybridized carbons (Fsp3) is 0.333. The van der Waals surface area contributed by atoms with E-state index in [0.29, 0.717) is 0 Å². The van der Waals surface area contributed by atoms with Crippen molar-refractivity contribution in [3.8, 4) is 0 Å². The summed E-state index contributed by atoms with van der Waals surface area (Å²) in [6.45, 7) is 1.10. The molecule has 1 aliphatic heterocycles. The Morgan fingerprint density at radius 1 is 1.55 bits per heavy atom. The highest BCUT2D eigenvalue weighted by molar-refractivity contribution is 7.99. The van der Waals surface area contributed by atoms with Gasteiger partial charge in [-0.15, -0.1) is 11.8 Å². The highest BCUT2D eigenvalue weighted by Gasteiger charge is 2.04. The van der Waals surface area contributed by atoms with E-state index in [1.54, 1.807) is 0 Å². The molecule has 0 spiro atoms. The van der Waals surface area contributed by atoms with E-state index in [1.807, 2.05) is 23.9 Å². The quantitative estimate of drug-likeness (QED) is 0.632. The summed E-state index contributed by atoms with van der Waals surface area (Å²) in [6.07, 6.45) is 1.25. The summed E-state index contributed by atoms with van der Waals surface area (Å²) in [5.41, 5.74) is 1.25. The van der Waals surface area contributed by atoms with Gasteiger partial charge in [-0.2, -0.15) is 0 Å². The van der Waals surface area contributed by atoms with Crippen LogP contribution in [0.25, 0.3) is 0 Å². The van der Waals surface area contributed by atoms with Crippen molar-refractivity contribution >= 4 is 17.4 Å². The Balaban J connectivity index is 2.33. The molecular formula is C9H10NS. The molecule has 1 aromatic rings. The minimum absolute atomic E-state index is 1.10. The van der Waals surface area contributed by atoms with Crippen LogP contribution in [0.3, 0.4) is 0 Å². The molecule has 0 amide bonds. The third-order valence-electron chi connectivity index (χ3n) is 1.72. The normalized spacial score (nSPS) is 16.4. The van der Waals surface area contributed by atoms with Crippen molar-refractivity contribution < 1.29 is 0 Å². The first-order valence-corrected chi connectivity index (χ1v) is 4.82. The van der Waals surface area contributed by atoms with Gasteiger partial charge in [0.1, 0.15) is 0 Å². The number of thioether (sulfide) groups is 1. The Labute approximate surface area is 71.2 Å². The van der Waals surface area contributed by atoms with E-state index in [1.165, 1.54) is 22.8 Å². The molecule has 1 radical (unpaired) electrons. The molecule has 0 aromatic heterocycles. The SMILES string of the molecule is [c]1ccc2c(c1)NCCCS2. The number of hydrogen-bond donors (Lipinski definition) is 1. The van der Waals surface area contributed by atoms with Gasteiger partial charge in [-0.3, -0.25) is 0 Å². The van der Waals surface area contributed by atoms with E-state index in [0.717, 1.165) is 6.54 Å². The molecular weight excluding hydrogens is 154 g/mol. The average Bonchev–Trinajstić information content (AvgIpc) is 2.28. The first kappa shape index (κ1) is 7.04. The third kappa shape index (κ3) is 1.51. The Hall–Kier alpha value is -0.630. The van der Waals surface area contributed by atoms with Gasteiger partial charge in [0.2, 0.25) is 0 Å². The van der Waals surface area contributed by atoms with E-state index in [9.17, 15) is 0 Å². The molecule has 2 rings (SSSR count). The van der Waals surface area contributed by atoms with E-state index in [2.05, 4.69) is 17.4 Å². The van der Waals surface area contributed by atoms with Crippen LogP contribution >= 0.6 is 11.8 Å². The third-order valence-corrected chi connectivity index (χ3v) is 2.88. The Morgan fingerprint density at radius 3 is 3.55 bits per heavy atom. The van der Waals surface area contributed by atoms with Crippen LogP contribution in [0.15, 0.2) is 23.1 Å².